The van der Waals surface area contributed by atoms with E-state index < -0.39 is 0 Å². The number of hydrogen-bond acceptors (Lipinski definition) is 2. The van der Waals surface area contributed by atoms with Gasteiger partial charge in [-0.2, -0.15) is 0 Å². The molecule has 0 aliphatic rings. The third-order valence-electron chi connectivity index (χ3n) is 10.4. The number of hydrogen-bond donors (Lipinski definition) is 1. The summed E-state index contributed by atoms with van der Waals surface area (Å²) in [6.45, 7) is 0. The summed E-state index contributed by atoms with van der Waals surface area (Å²) in [6, 6.07) is 44.0. The Balaban J connectivity index is 0.949. The van der Waals surface area contributed by atoms with E-state index in [0.29, 0.717) is 11.8 Å². The number of rotatable bonds is 26. The molecule has 0 saturated heterocycles. The van der Waals surface area contributed by atoms with Crippen LogP contribution in [0.25, 0.3) is 0 Å². The van der Waals surface area contributed by atoms with E-state index in [4.69, 9.17) is 0 Å². The van der Waals surface area contributed by atoms with Gasteiger partial charge in [-0.15, -0.1) is 0 Å². The van der Waals surface area contributed by atoms with Crippen LogP contribution in [0.2, 0.25) is 0 Å². The highest BCUT2D eigenvalue weighted by Crippen LogP contribution is 2.31. The first-order valence-electron chi connectivity index (χ1n) is 19.7. The highest BCUT2D eigenvalue weighted by atomic mass is 16.4. The number of oxime groups is 1. The molecule has 0 bridgehead atoms. The van der Waals surface area contributed by atoms with Crippen LogP contribution in [0, 0.1) is 0 Å². The van der Waals surface area contributed by atoms with Gasteiger partial charge in [-0.05, 0) is 60.8 Å². The van der Waals surface area contributed by atoms with E-state index in [1.165, 1.54) is 125 Å². The molecule has 49 heavy (non-hydrogen) atoms. The van der Waals surface area contributed by atoms with Gasteiger partial charge < -0.3 is 5.21 Å². The molecule has 0 radical (unpaired) electrons. The molecule has 0 amide bonds. The Morgan fingerprint density at radius 1 is 0.347 bits per heavy atom. The lowest BCUT2D eigenvalue weighted by Crippen LogP contribution is -2.01. The zero-order valence-corrected chi connectivity index (χ0v) is 30.2. The summed E-state index contributed by atoms with van der Waals surface area (Å²) in [4.78, 5) is 0. The molecule has 1 N–H and O–H groups in total. The van der Waals surface area contributed by atoms with Crippen LogP contribution in [0.5, 0.6) is 0 Å². The number of unbranched alkanes of at least 4 members (excludes halogenated alkanes) is 14. The van der Waals surface area contributed by atoms with Crippen LogP contribution in [0.1, 0.15) is 163 Å². The summed E-state index contributed by atoms with van der Waals surface area (Å²) in [5.74, 6) is 1.01. The third kappa shape index (κ3) is 15.2. The van der Waals surface area contributed by atoms with Gasteiger partial charge in [-0.3, -0.25) is 0 Å². The summed E-state index contributed by atoms with van der Waals surface area (Å²) in [6.07, 6.45) is 25.0. The number of benzene rings is 4. The maximum Gasteiger partial charge on any atom is 0.0570 e. The maximum absolute atomic E-state index is 9.53. The maximum atomic E-state index is 9.53. The van der Waals surface area contributed by atoms with Crippen molar-refractivity contribution >= 4 is 5.71 Å². The molecule has 0 aliphatic heterocycles. The van der Waals surface area contributed by atoms with Crippen molar-refractivity contribution in [3.8, 4) is 0 Å². The lowest BCUT2D eigenvalue weighted by Gasteiger charge is -2.18. The zero-order chi connectivity index (χ0) is 34.0. The summed E-state index contributed by atoms with van der Waals surface area (Å²) < 4.78 is 0. The second-order valence-corrected chi connectivity index (χ2v) is 14.1. The molecule has 4 aromatic rings. The van der Waals surface area contributed by atoms with Gasteiger partial charge in [0.25, 0.3) is 0 Å². The average Bonchev–Trinajstić information content (AvgIpc) is 3.16. The minimum absolute atomic E-state index is 0.504. The Morgan fingerprint density at radius 3 is 0.857 bits per heavy atom. The van der Waals surface area contributed by atoms with Crippen molar-refractivity contribution in [1.82, 2.24) is 0 Å². The molecule has 0 aliphatic carbocycles. The van der Waals surface area contributed by atoms with Gasteiger partial charge in [0.1, 0.15) is 0 Å². The molecule has 4 aromatic carbocycles. The topological polar surface area (TPSA) is 32.6 Å². The predicted molar refractivity (Wildman–Crippen MR) is 211 cm³/mol. The van der Waals surface area contributed by atoms with E-state index in [1.807, 2.05) is 0 Å². The molecule has 0 aromatic heterocycles. The van der Waals surface area contributed by atoms with Crippen molar-refractivity contribution in [2.45, 2.75) is 140 Å². The van der Waals surface area contributed by atoms with Crippen LogP contribution in [-0.2, 0) is 0 Å². The quantitative estimate of drug-likeness (QED) is 0.0310. The molecule has 0 fully saturated rings. The van der Waals surface area contributed by atoms with Crippen LogP contribution in [0.3, 0.4) is 0 Å². The Hall–Kier alpha value is -3.65. The van der Waals surface area contributed by atoms with Crippen LogP contribution in [-0.4, -0.2) is 10.9 Å². The summed E-state index contributed by atoms with van der Waals surface area (Å²) in [7, 11) is 0. The third-order valence-corrected chi connectivity index (χ3v) is 10.4. The predicted octanol–water partition coefficient (Wildman–Crippen LogP) is 14.3. The lowest BCUT2D eigenvalue weighted by molar-refractivity contribution is 0.315. The molecule has 0 saturated carbocycles. The fourth-order valence-electron chi connectivity index (χ4n) is 7.49. The van der Waals surface area contributed by atoms with E-state index in [2.05, 4.69) is 126 Å². The monoisotopic (exact) mass is 657 g/mol. The summed E-state index contributed by atoms with van der Waals surface area (Å²) >= 11 is 0. The fraction of sp³-hybridized carbons (Fsp3) is 0.468. The first kappa shape index (κ1) is 38.2. The van der Waals surface area contributed by atoms with Gasteiger partial charge in [0.05, 0.1) is 5.71 Å². The lowest BCUT2D eigenvalue weighted by atomic mass is 9.87. The van der Waals surface area contributed by atoms with Crippen LogP contribution >= 0.6 is 0 Å². The molecule has 2 heteroatoms. The van der Waals surface area contributed by atoms with Gasteiger partial charge in [-0.25, -0.2) is 0 Å². The van der Waals surface area contributed by atoms with Gasteiger partial charge >= 0.3 is 0 Å². The van der Waals surface area contributed by atoms with Gasteiger partial charge in [0, 0.05) is 11.8 Å². The standard InChI is InChI=1S/C47H63NO/c49-48-45(37-25-9-5-1-3-7-11-27-39-46(41-29-17-13-18-30-41)42-31-19-14-20-32-42)38-26-10-6-2-4-8-12-28-40-47(43-33-21-15-22-34-43)44-35-23-16-24-36-44/h13-24,29-36,46-47,49H,1-12,25-28,37-40H2. The SMILES string of the molecule is ON=C(CCCCCCCCCCC(c1ccccc1)c1ccccc1)CCCCCCCCCCC(c1ccccc1)c1ccccc1. The normalized spacial score (nSPS) is 11.3. The first-order valence-corrected chi connectivity index (χ1v) is 19.7. The molecule has 0 heterocycles. The highest BCUT2D eigenvalue weighted by Gasteiger charge is 2.14. The van der Waals surface area contributed by atoms with E-state index in [-0.39, 0.29) is 0 Å². The van der Waals surface area contributed by atoms with E-state index >= 15 is 0 Å². The minimum atomic E-state index is 0.504. The smallest absolute Gasteiger partial charge is 0.0570 e. The Bertz CT molecular complexity index is 1190. The first-order chi connectivity index (χ1) is 24.3. The molecule has 0 atom stereocenters. The molecule has 0 spiro atoms. The summed E-state index contributed by atoms with van der Waals surface area (Å²) in [5, 5.41) is 13.2. The van der Waals surface area contributed by atoms with Crippen molar-refractivity contribution in [2.24, 2.45) is 5.16 Å². The van der Waals surface area contributed by atoms with E-state index in [9.17, 15) is 5.21 Å². The minimum Gasteiger partial charge on any atom is -0.411 e. The molecule has 0 unspecified atom stereocenters. The molecule has 2 nitrogen and oxygen atoms in total. The van der Waals surface area contributed by atoms with Crippen molar-refractivity contribution < 1.29 is 5.21 Å². The number of nitrogens with zero attached hydrogens (tertiary/aromatic N) is 1. The molecule has 4 rings (SSSR count). The Morgan fingerprint density at radius 2 is 0.592 bits per heavy atom. The largest absolute Gasteiger partial charge is 0.411 e. The molecular formula is C47H63NO. The van der Waals surface area contributed by atoms with Crippen LogP contribution in [0.15, 0.2) is 126 Å². The van der Waals surface area contributed by atoms with Gasteiger partial charge in [0.2, 0.25) is 0 Å². The summed E-state index contributed by atoms with van der Waals surface area (Å²) in [5.41, 5.74) is 6.77. The van der Waals surface area contributed by atoms with Crippen molar-refractivity contribution in [3.63, 3.8) is 0 Å². The second kappa shape index (κ2) is 24.5. The Kier molecular flexibility index (Phi) is 19.1. The fourth-order valence-corrected chi connectivity index (χ4v) is 7.49. The average molecular weight is 658 g/mol. The second-order valence-electron chi connectivity index (χ2n) is 14.1. The van der Waals surface area contributed by atoms with Crippen molar-refractivity contribution in [1.29, 1.82) is 0 Å². The van der Waals surface area contributed by atoms with Crippen molar-refractivity contribution in [2.75, 3.05) is 0 Å². The van der Waals surface area contributed by atoms with Gasteiger partial charge in [-0.1, -0.05) is 216 Å². The molecule has 262 valence electrons. The highest BCUT2D eigenvalue weighted by molar-refractivity contribution is 5.83. The Labute approximate surface area is 299 Å². The van der Waals surface area contributed by atoms with Crippen LogP contribution < -0.4 is 0 Å². The van der Waals surface area contributed by atoms with E-state index in [1.54, 1.807) is 0 Å². The molecular weight excluding hydrogens is 595 g/mol. The zero-order valence-electron chi connectivity index (χ0n) is 30.2. The van der Waals surface area contributed by atoms with Gasteiger partial charge in [0.15, 0.2) is 0 Å². The van der Waals surface area contributed by atoms with Crippen molar-refractivity contribution in [3.05, 3.63) is 144 Å². The van der Waals surface area contributed by atoms with Crippen LogP contribution in [0.4, 0.5) is 0 Å². The van der Waals surface area contributed by atoms with E-state index in [0.717, 1.165) is 31.4 Å².